The van der Waals surface area contributed by atoms with Gasteiger partial charge < -0.3 is 5.32 Å². The number of hydrogen-bond acceptors (Lipinski definition) is 3. The number of rotatable bonds is 5. The topological polar surface area (TPSA) is 66.5 Å². The molecule has 3 amide bonds. The van der Waals surface area contributed by atoms with Crippen molar-refractivity contribution in [3.63, 3.8) is 0 Å². The Morgan fingerprint density at radius 3 is 2.24 bits per heavy atom. The Kier molecular flexibility index (Phi) is 4.89. The quantitative estimate of drug-likeness (QED) is 0.502. The molecule has 1 N–H and O–H groups in total. The summed E-state index contributed by atoms with van der Waals surface area (Å²) in [4.78, 5) is 42.1. The Morgan fingerprint density at radius 2 is 1.61 bits per heavy atom. The van der Waals surface area contributed by atoms with Crippen LogP contribution >= 0.6 is 23.2 Å². The third kappa shape index (κ3) is 3.32. The predicted octanol–water partition coefficient (Wildman–Crippen LogP) is 4.60. The van der Waals surface area contributed by atoms with Crippen molar-refractivity contribution in [3.8, 4) is 0 Å². The second kappa shape index (κ2) is 7.71. The van der Waals surface area contributed by atoms with Gasteiger partial charge in [0.1, 0.15) is 6.04 Å². The standard InChI is InChI=1S/C26H22Cl2N2O3/c27-14-6-9-19(28)20(11-14)29-24(31)21(10-13-4-2-1-3-5-13)30-25(32)22-15-7-8-16(18-12-17(15)18)23(22)26(30)33/h1-9,11,15-18,21-23H,10,12H2,(H,29,31)/t15-,16-,17-,18-,21+,22-,23+/m1/s1. The minimum absolute atomic E-state index is 0.106. The van der Waals surface area contributed by atoms with Gasteiger partial charge in [0.25, 0.3) is 0 Å². The molecular formula is C26H22Cl2N2O3. The molecule has 7 atom stereocenters. The van der Waals surface area contributed by atoms with Crippen LogP contribution in [-0.4, -0.2) is 28.7 Å². The van der Waals surface area contributed by atoms with Crippen molar-refractivity contribution >= 4 is 46.6 Å². The Morgan fingerprint density at radius 1 is 0.970 bits per heavy atom. The molecule has 2 saturated carbocycles. The summed E-state index contributed by atoms with van der Waals surface area (Å²) in [5, 5.41) is 3.57. The lowest BCUT2D eigenvalue weighted by molar-refractivity contribution is -0.146. The number of nitrogens with one attached hydrogen (secondary N) is 1. The van der Waals surface area contributed by atoms with E-state index < -0.39 is 11.9 Å². The summed E-state index contributed by atoms with van der Waals surface area (Å²) in [5.41, 5.74) is 1.22. The van der Waals surface area contributed by atoms with Gasteiger partial charge in [-0.1, -0.05) is 65.7 Å². The molecule has 0 unspecified atom stereocenters. The first-order valence-electron chi connectivity index (χ1n) is 11.3. The highest BCUT2D eigenvalue weighted by Gasteiger charge is 2.67. The zero-order valence-electron chi connectivity index (χ0n) is 17.7. The van der Waals surface area contributed by atoms with Crippen molar-refractivity contribution in [2.75, 3.05) is 5.32 Å². The Hall–Kier alpha value is -2.63. The third-order valence-electron chi connectivity index (χ3n) is 7.77. The van der Waals surface area contributed by atoms with E-state index in [0.29, 0.717) is 27.6 Å². The van der Waals surface area contributed by atoms with E-state index in [9.17, 15) is 14.4 Å². The minimum atomic E-state index is -0.969. The normalized spacial score (nSPS) is 31.9. The highest BCUT2D eigenvalue weighted by molar-refractivity contribution is 6.35. The second-order valence-corrected chi connectivity index (χ2v) is 10.4. The van der Waals surface area contributed by atoms with Crippen LogP contribution in [0.1, 0.15) is 12.0 Å². The molecule has 1 saturated heterocycles. The van der Waals surface area contributed by atoms with Crippen LogP contribution in [0.4, 0.5) is 5.69 Å². The fourth-order valence-electron chi connectivity index (χ4n) is 6.24. The van der Waals surface area contributed by atoms with E-state index in [-0.39, 0.29) is 41.9 Å². The monoisotopic (exact) mass is 480 g/mol. The van der Waals surface area contributed by atoms with Crippen LogP contribution < -0.4 is 5.32 Å². The lowest BCUT2D eigenvalue weighted by Gasteiger charge is -2.37. The van der Waals surface area contributed by atoms with E-state index in [1.165, 1.54) is 4.90 Å². The van der Waals surface area contributed by atoms with Gasteiger partial charge in [-0.3, -0.25) is 19.3 Å². The van der Waals surface area contributed by atoms with Crippen LogP contribution in [0.5, 0.6) is 0 Å². The lowest BCUT2D eigenvalue weighted by Crippen LogP contribution is -2.49. The largest absolute Gasteiger partial charge is 0.323 e. The molecule has 0 spiro atoms. The van der Waals surface area contributed by atoms with E-state index in [2.05, 4.69) is 17.5 Å². The highest BCUT2D eigenvalue weighted by Crippen LogP contribution is 2.65. The van der Waals surface area contributed by atoms with E-state index in [1.54, 1.807) is 18.2 Å². The van der Waals surface area contributed by atoms with Crippen molar-refractivity contribution in [3.05, 3.63) is 76.3 Å². The molecule has 1 aliphatic heterocycles. The van der Waals surface area contributed by atoms with Gasteiger partial charge in [-0.25, -0.2) is 0 Å². The van der Waals surface area contributed by atoms with E-state index >= 15 is 0 Å². The fraction of sp³-hybridized carbons (Fsp3) is 0.346. The van der Waals surface area contributed by atoms with E-state index in [0.717, 1.165) is 12.0 Å². The summed E-state index contributed by atoms with van der Waals surface area (Å²) >= 11 is 12.3. The van der Waals surface area contributed by atoms with Gasteiger partial charge in [0.15, 0.2) is 0 Å². The Bertz CT molecular complexity index is 1160. The number of halogens is 2. The zero-order valence-corrected chi connectivity index (χ0v) is 19.2. The molecule has 4 aliphatic carbocycles. The predicted molar refractivity (Wildman–Crippen MR) is 126 cm³/mol. The van der Waals surface area contributed by atoms with Gasteiger partial charge in [-0.15, -0.1) is 0 Å². The molecule has 5 aliphatic rings. The van der Waals surface area contributed by atoms with Crippen molar-refractivity contribution in [2.24, 2.45) is 35.5 Å². The van der Waals surface area contributed by atoms with Crippen LogP contribution in [0, 0.1) is 35.5 Å². The molecule has 7 heteroatoms. The number of likely N-dealkylation sites (tertiary alicyclic amines) is 1. The van der Waals surface area contributed by atoms with Gasteiger partial charge in [0.2, 0.25) is 17.7 Å². The van der Waals surface area contributed by atoms with Crippen LogP contribution in [-0.2, 0) is 20.8 Å². The molecule has 5 nitrogen and oxygen atoms in total. The molecule has 2 aromatic carbocycles. The first-order chi connectivity index (χ1) is 15.9. The van der Waals surface area contributed by atoms with Crippen LogP contribution in [0.25, 0.3) is 0 Å². The summed E-state index contributed by atoms with van der Waals surface area (Å²) < 4.78 is 0. The van der Waals surface area contributed by atoms with Crippen molar-refractivity contribution < 1.29 is 14.4 Å². The highest BCUT2D eigenvalue weighted by atomic mass is 35.5. The molecular weight excluding hydrogens is 459 g/mol. The average molecular weight is 481 g/mol. The lowest BCUT2D eigenvalue weighted by atomic mass is 9.63. The number of benzene rings is 2. The third-order valence-corrected chi connectivity index (χ3v) is 8.33. The molecule has 168 valence electrons. The van der Waals surface area contributed by atoms with Crippen LogP contribution in [0.15, 0.2) is 60.7 Å². The van der Waals surface area contributed by atoms with Crippen molar-refractivity contribution in [2.45, 2.75) is 18.9 Å². The Balaban J connectivity index is 1.34. The Labute approximate surface area is 201 Å². The van der Waals surface area contributed by atoms with Gasteiger partial charge in [-0.2, -0.15) is 0 Å². The number of nitrogens with zero attached hydrogens (tertiary/aromatic N) is 1. The first kappa shape index (κ1) is 20.9. The second-order valence-electron chi connectivity index (χ2n) is 9.52. The molecule has 0 radical (unpaired) electrons. The number of allylic oxidation sites excluding steroid dienone is 2. The van der Waals surface area contributed by atoms with Gasteiger partial charge in [0.05, 0.1) is 22.5 Å². The maximum absolute atomic E-state index is 13.7. The van der Waals surface area contributed by atoms with Crippen molar-refractivity contribution in [1.82, 2.24) is 4.90 Å². The van der Waals surface area contributed by atoms with E-state index in [1.807, 2.05) is 30.3 Å². The average Bonchev–Trinajstić information content (AvgIpc) is 3.59. The number of amides is 3. The summed E-state index contributed by atoms with van der Waals surface area (Å²) in [6.45, 7) is 0. The smallest absolute Gasteiger partial charge is 0.248 e. The maximum atomic E-state index is 13.7. The number of carbonyl (C=O) groups excluding carboxylic acids is 3. The molecule has 1 heterocycles. The van der Waals surface area contributed by atoms with Gasteiger partial charge >= 0.3 is 0 Å². The zero-order chi connectivity index (χ0) is 22.9. The minimum Gasteiger partial charge on any atom is -0.323 e. The molecule has 7 rings (SSSR count). The number of anilines is 1. The fourth-order valence-corrected chi connectivity index (χ4v) is 6.57. The van der Waals surface area contributed by atoms with Gasteiger partial charge in [0, 0.05) is 11.4 Å². The summed E-state index contributed by atoms with van der Waals surface area (Å²) in [6, 6.07) is 13.3. The van der Waals surface area contributed by atoms with E-state index in [4.69, 9.17) is 23.2 Å². The SMILES string of the molecule is O=C(Nc1cc(Cl)ccc1Cl)[C@H](Cc1ccccc1)N1C(=O)[C@@H]2[C@@H]3C=C[C@H]([C@H]4C[C@H]34)[C@@H]2C1=O. The van der Waals surface area contributed by atoms with Gasteiger partial charge in [-0.05, 0) is 53.9 Å². The number of hydrogen-bond donors (Lipinski definition) is 1. The van der Waals surface area contributed by atoms with Crippen molar-refractivity contribution in [1.29, 1.82) is 0 Å². The van der Waals surface area contributed by atoms with Crippen LogP contribution in [0.2, 0.25) is 10.0 Å². The maximum Gasteiger partial charge on any atom is 0.248 e. The molecule has 2 bridgehead atoms. The summed E-state index contributed by atoms with van der Waals surface area (Å²) in [7, 11) is 0. The molecule has 33 heavy (non-hydrogen) atoms. The molecule has 0 aromatic heterocycles. The van der Waals surface area contributed by atoms with Crippen LogP contribution in [0.3, 0.4) is 0 Å². The first-order valence-corrected chi connectivity index (χ1v) is 12.0. The summed E-state index contributed by atoms with van der Waals surface area (Å²) in [5.74, 6) is -0.369. The summed E-state index contributed by atoms with van der Waals surface area (Å²) in [6.07, 6.45) is 5.59. The number of carbonyl (C=O) groups is 3. The molecule has 3 fully saturated rings. The number of imide groups is 1. The molecule has 2 aromatic rings.